The standard InChI is InChI=1S/C24H25BrN2O5S2/c1-31-20(28)12-32-18-3-2-17(25)7-16(18)8-19-21(29)27(23(33)34-19)26-22(30)24-9-13-4-14(10-24)6-15(5-13)11-24/h2-3,7-8,13-15H,4-6,9-12H2,1H3,(H,26,30)/b19-8+. The number of hydrogen-bond donors (Lipinski definition) is 1. The molecule has 0 aromatic heterocycles. The highest BCUT2D eigenvalue weighted by molar-refractivity contribution is 9.10. The van der Waals surface area contributed by atoms with Crippen molar-refractivity contribution < 1.29 is 23.9 Å². The van der Waals surface area contributed by atoms with Crippen LogP contribution in [0.3, 0.4) is 0 Å². The van der Waals surface area contributed by atoms with E-state index in [1.807, 2.05) is 0 Å². The minimum atomic E-state index is -0.507. The van der Waals surface area contributed by atoms with E-state index in [0.717, 1.165) is 35.5 Å². The van der Waals surface area contributed by atoms with Crippen molar-refractivity contribution in [2.45, 2.75) is 38.5 Å². The molecule has 7 nitrogen and oxygen atoms in total. The quantitative estimate of drug-likeness (QED) is 0.310. The Morgan fingerprint density at radius 2 is 1.88 bits per heavy atom. The van der Waals surface area contributed by atoms with Crippen molar-refractivity contribution in [1.29, 1.82) is 0 Å². The van der Waals surface area contributed by atoms with Crippen LogP contribution in [0.25, 0.3) is 6.08 Å². The van der Waals surface area contributed by atoms with E-state index >= 15 is 0 Å². The number of thioether (sulfide) groups is 1. The highest BCUT2D eigenvalue weighted by Gasteiger charge is 2.55. The Labute approximate surface area is 216 Å². The summed E-state index contributed by atoms with van der Waals surface area (Å²) in [5.74, 6) is 1.36. The number of benzene rings is 1. The topological polar surface area (TPSA) is 84.9 Å². The van der Waals surface area contributed by atoms with E-state index in [4.69, 9.17) is 17.0 Å². The number of ether oxygens (including phenoxy) is 2. The number of thiocarbonyl (C=S) groups is 1. The van der Waals surface area contributed by atoms with Gasteiger partial charge in [-0.25, -0.2) is 4.79 Å². The second-order valence-corrected chi connectivity index (χ2v) is 12.3. The zero-order chi connectivity index (χ0) is 24.0. The third kappa shape index (κ3) is 4.52. The molecule has 34 heavy (non-hydrogen) atoms. The van der Waals surface area contributed by atoms with E-state index in [2.05, 4.69) is 26.1 Å². The first-order chi connectivity index (χ1) is 16.3. The number of carbonyl (C=O) groups excluding carboxylic acids is 3. The average molecular weight is 566 g/mol. The van der Waals surface area contributed by atoms with Crippen LogP contribution in [0, 0.1) is 23.2 Å². The molecule has 4 aliphatic carbocycles. The Balaban J connectivity index is 1.33. The minimum Gasteiger partial charge on any atom is -0.481 e. The maximum atomic E-state index is 13.4. The van der Waals surface area contributed by atoms with Gasteiger partial charge in [0.25, 0.3) is 5.91 Å². The van der Waals surface area contributed by atoms with Crippen LogP contribution in [0.15, 0.2) is 27.6 Å². The molecule has 1 saturated heterocycles. The van der Waals surface area contributed by atoms with Gasteiger partial charge in [0.2, 0.25) is 5.91 Å². The molecule has 1 N–H and O–H groups in total. The van der Waals surface area contributed by atoms with Gasteiger partial charge in [0.1, 0.15) is 5.75 Å². The summed E-state index contributed by atoms with van der Waals surface area (Å²) in [6.45, 7) is -0.249. The maximum Gasteiger partial charge on any atom is 0.343 e. The lowest BCUT2D eigenvalue weighted by atomic mass is 9.49. The summed E-state index contributed by atoms with van der Waals surface area (Å²) >= 11 is 10.00. The van der Waals surface area contributed by atoms with Crippen LogP contribution in [0.2, 0.25) is 0 Å². The molecule has 5 fully saturated rings. The van der Waals surface area contributed by atoms with Gasteiger partial charge in [-0.2, -0.15) is 5.01 Å². The fraction of sp³-hybridized carbons (Fsp3) is 0.500. The molecule has 4 saturated carbocycles. The Morgan fingerprint density at radius 3 is 2.50 bits per heavy atom. The first-order valence-corrected chi connectivity index (χ1v) is 13.4. The highest BCUT2D eigenvalue weighted by Crippen LogP contribution is 2.60. The van der Waals surface area contributed by atoms with E-state index < -0.39 is 5.97 Å². The van der Waals surface area contributed by atoms with Gasteiger partial charge in [-0.1, -0.05) is 27.7 Å². The number of carbonyl (C=O) groups is 3. The number of nitrogens with one attached hydrogen (secondary N) is 1. The summed E-state index contributed by atoms with van der Waals surface area (Å²) in [7, 11) is 1.29. The van der Waals surface area contributed by atoms with Crippen LogP contribution in [0.5, 0.6) is 5.75 Å². The van der Waals surface area contributed by atoms with Gasteiger partial charge >= 0.3 is 5.97 Å². The summed E-state index contributed by atoms with van der Waals surface area (Å²) in [6, 6.07) is 5.27. The third-order valence-corrected chi connectivity index (χ3v) is 9.15. The molecule has 5 aliphatic rings. The van der Waals surface area contributed by atoms with E-state index in [1.165, 1.54) is 31.4 Å². The lowest BCUT2D eigenvalue weighted by Crippen LogP contribution is -2.57. The number of hydrazine groups is 1. The van der Waals surface area contributed by atoms with Gasteiger partial charge in [-0.05, 0) is 92.8 Å². The number of halogens is 1. The van der Waals surface area contributed by atoms with Gasteiger partial charge in [0.15, 0.2) is 10.9 Å². The molecule has 6 rings (SSSR count). The van der Waals surface area contributed by atoms with E-state index in [1.54, 1.807) is 24.3 Å². The number of esters is 1. The van der Waals surface area contributed by atoms with Crippen molar-refractivity contribution in [3.63, 3.8) is 0 Å². The van der Waals surface area contributed by atoms with Gasteiger partial charge < -0.3 is 9.47 Å². The zero-order valence-electron chi connectivity index (χ0n) is 18.7. The predicted molar refractivity (Wildman–Crippen MR) is 135 cm³/mol. The summed E-state index contributed by atoms with van der Waals surface area (Å²) in [4.78, 5) is 38.5. The molecule has 0 atom stereocenters. The van der Waals surface area contributed by atoms with Gasteiger partial charge in [-0.3, -0.25) is 15.0 Å². The molecule has 0 unspecified atom stereocenters. The Hall–Kier alpha value is -1.91. The highest BCUT2D eigenvalue weighted by atomic mass is 79.9. The van der Waals surface area contributed by atoms with Crippen LogP contribution in [0.4, 0.5) is 0 Å². The van der Waals surface area contributed by atoms with E-state index in [0.29, 0.717) is 38.3 Å². The number of nitrogens with zero attached hydrogens (tertiary/aromatic N) is 1. The Bertz CT molecular complexity index is 1070. The number of methoxy groups -OCH3 is 1. The van der Waals surface area contributed by atoms with Crippen molar-refractivity contribution in [2.24, 2.45) is 23.2 Å². The molecule has 2 amide bonds. The number of hydrogen-bond acceptors (Lipinski definition) is 7. The summed E-state index contributed by atoms with van der Waals surface area (Å²) in [6.07, 6.45) is 8.11. The average Bonchev–Trinajstić information content (AvgIpc) is 3.04. The Morgan fingerprint density at radius 1 is 1.24 bits per heavy atom. The molecule has 0 spiro atoms. The minimum absolute atomic E-state index is 0.0753. The molecule has 10 heteroatoms. The molecule has 0 radical (unpaired) electrons. The smallest absolute Gasteiger partial charge is 0.343 e. The number of rotatable bonds is 6. The second kappa shape index (κ2) is 9.28. The van der Waals surface area contributed by atoms with Crippen LogP contribution in [-0.2, 0) is 19.1 Å². The summed E-state index contributed by atoms with van der Waals surface area (Å²) in [5.41, 5.74) is 3.09. The summed E-state index contributed by atoms with van der Waals surface area (Å²) < 4.78 is 11.3. The van der Waals surface area contributed by atoms with Gasteiger partial charge in [-0.15, -0.1) is 0 Å². The monoisotopic (exact) mass is 564 g/mol. The van der Waals surface area contributed by atoms with E-state index in [9.17, 15) is 14.4 Å². The normalized spacial score (nSPS) is 30.7. The van der Waals surface area contributed by atoms with Gasteiger partial charge in [0, 0.05) is 10.0 Å². The molecule has 180 valence electrons. The second-order valence-electron chi connectivity index (χ2n) is 9.70. The van der Waals surface area contributed by atoms with E-state index in [-0.39, 0.29) is 23.8 Å². The third-order valence-electron chi connectivity index (χ3n) is 7.36. The van der Waals surface area contributed by atoms with Crippen molar-refractivity contribution in [3.05, 3.63) is 33.1 Å². The van der Waals surface area contributed by atoms with Gasteiger partial charge in [0.05, 0.1) is 17.4 Å². The van der Waals surface area contributed by atoms with Crippen molar-refractivity contribution in [3.8, 4) is 5.75 Å². The predicted octanol–water partition coefficient (Wildman–Crippen LogP) is 4.45. The molecule has 1 aromatic rings. The zero-order valence-corrected chi connectivity index (χ0v) is 21.9. The fourth-order valence-electron chi connectivity index (χ4n) is 6.27. The first kappa shape index (κ1) is 23.8. The fourth-order valence-corrected chi connectivity index (χ4v) is 7.82. The van der Waals surface area contributed by atoms with Crippen LogP contribution < -0.4 is 10.2 Å². The SMILES string of the molecule is COC(=O)COc1ccc(Br)cc1/C=C1/SC(=S)N(NC(=O)C23CC4CC(CC(C4)C2)C3)C1=O. The largest absolute Gasteiger partial charge is 0.481 e. The van der Waals surface area contributed by atoms with Crippen molar-refractivity contribution in [2.75, 3.05) is 13.7 Å². The lowest BCUT2D eigenvalue weighted by molar-refractivity contribution is -0.152. The van der Waals surface area contributed by atoms with Crippen LogP contribution in [-0.4, -0.2) is 40.8 Å². The van der Waals surface area contributed by atoms with Crippen molar-refractivity contribution in [1.82, 2.24) is 10.4 Å². The van der Waals surface area contributed by atoms with Crippen molar-refractivity contribution >= 4 is 68.1 Å². The maximum absolute atomic E-state index is 13.4. The lowest BCUT2D eigenvalue weighted by Gasteiger charge is -2.55. The molecule has 1 aromatic carbocycles. The molecule has 1 aliphatic heterocycles. The van der Waals surface area contributed by atoms with Crippen LogP contribution in [0.1, 0.15) is 44.1 Å². The van der Waals surface area contributed by atoms with Crippen LogP contribution >= 0.6 is 39.9 Å². The Kier molecular flexibility index (Phi) is 6.50. The number of amides is 2. The first-order valence-electron chi connectivity index (χ1n) is 11.3. The molecule has 4 bridgehead atoms. The molecule has 1 heterocycles. The molecular formula is C24H25BrN2O5S2. The molecular weight excluding hydrogens is 540 g/mol. The summed E-state index contributed by atoms with van der Waals surface area (Å²) in [5, 5.41) is 1.21.